The molecule has 0 aromatic rings. The molecular weight excluding hydrogens is 248 g/mol. The van der Waals surface area contributed by atoms with E-state index < -0.39 is 11.9 Å². The van der Waals surface area contributed by atoms with Crippen LogP contribution < -0.4 is 5.32 Å². The molecule has 0 radical (unpaired) electrons. The van der Waals surface area contributed by atoms with Gasteiger partial charge in [0, 0.05) is 19.7 Å². The van der Waals surface area contributed by atoms with Gasteiger partial charge in [-0.1, -0.05) is 0 Å². The molecular formula is C13H22N2O4. The zero-order valence-electron chi connectivity index (χ0n) is 11.3. The Labute approximate surface area is 113 Å². The molecule has 2 heterocycles. The van der Waals surface area contributed by atoms with Gasteiger partial charge in [0.05, 0.1) is 18.1 Å². The third-order valence-electron chi connectivity index (χ3n) is 3.93. The van der Waals surface area contributed by atoms with Crippen LogP contribution in [0.3, 0.4) is 0 Å². The lowest BCUT2D eigenvalue weighted by atomic mass is 9.98. The Morgan fingerprint density at radius 3 is 2.79 bits per heavy atom. The molecule has 0 bridgehead atoms. The van der Waals surface area contributed by atoms with Gasteiger partial charge in [-0.3, -0.25) is 4.79 Å². The van der Waals surface area contributed by atoms with Crippen LogP contribution in [0.1, 0.15) is 32.6 Å². The van der Waals surface area contributed by atoms with Gasteiger partial charge < -0.3 is 20.1 Å². The number of ether oxygens (including phenoxy) is 1. The second kappa shape index (κ2) is 6.23. The summed E-state index contributed by atoms with van der Waals surface area (Å²) in [7, 11) is 0. The average molecular weight is 270 g/mol. The summed E-state index contributed by atoms with van der Waals surface area (Å²) in [5.41, 5.74) is 0. The number of carboxylic acids is 1. The number of nitrogens with zero attached hydrogens (tertiary/aromatic N) is 1. The van der Waals surface area contributed by atoms with Crippen LogP contribution in [0.25, 0.3) is 0 Å². The van der Waals surface area contributed by atoms with Crippen molar-refractivity contribution in [3.8, 4) is 0 Å². The van der Waals surface area contributed by atoms with Crippen LogP contribution >= 0.6 is 0 Å². The molecule has 2 aliphatic heterocycles. The Hall–Kier alpha value is -1.30. The summed E-state index contributed by atoms with van der Waals surface area (Å²) in [4.78, 5) is 24.7. The number of rotatable bonds is 3. The van der Waals surface area contributed by atoms with Crippen molar-refractivity contribution in [3.05, 3.63) is 0 Å². The van der Waals surface area contributed by atoms with Crippen LogP contribution in [-0.2, 0) is 9.53 Å². The Kier molecular flexibility index (Phi) is 4.63. The minimum atomic E-state index is -0.815. The van der Waals surface area contributed by atoms with Crippen LogP contribution in [0, 0.1) is 5.92 Å². The molecule has 2 saturated heterocycles. The highest BCUT2D eigenvalue weighted by Gasteiger charge is 2.30. The van der Waals surface area contributed by atoms with Gasteiger partial charge in [-0.2, -0.15) is 0 Å². The van der Waals surface area contributed by atoms with Gasteiger partial charge in [0.15, 0.2) is 0 Å². The molecule has 0 saturated carbocycles. The van der Waals surface area contributed by atoms with Crippen molar-refractivity contribution in [3.63, 3.8) is 0 Å². The Bertz CT molecular complexity index is 342. The number of carbonyl (C=O) groups is 2. The number of piperidine rings is 1. The first-order chi connectivity index (χ1) is 9.08. The zero-order chi connectivity index (χ0) is 13.8. The lowest BCUT2D eigenvalue weighted by Gasteiger charge is -2.32. The van der Waals surface area contributed by atoms with Crippen molar-refractivity contribution >= 4 is 12.0 Å². The molecule has 2 rings (SSSR count). The first-order valence-corrected chi connectivity index (χ1v) is 6.98. The number of urea groups is 1. The summed E-state index contributed by atoms with van der Waals surface area (Å²) in [6.45, 7) is 3.63. The molecule has 0 spiro atoms. The highest BCUT2D eigenvalue weighted by molar-refractivity contribution is 5.76. The number of aliphatic carboxylic acids is 1. The number of amides is 2. The van der Waals surface area contributed by atoms with Gasteiger partial charge in [0.2, 0.25) is 0 Å². The number of likely N-dealkylation sites (tertiary alicyclic amines) is 1. The molecule has 0 aromatic carbocycles. The van der Waals surface area contributed by atoms with Crippen LogP contribution in [0.5, 0.6) is 0 Å². The van der Waals surface area contributed by atoms with Gasteiger partial charge in [0.1, 0.15) is 0 Å². The quantitative estimate of drug-likeness (QED) is 0.803. The predicted octanol–water partition coefficient (Wildman–Crippen LogP) is 1.06. The van der Waals surface area contributed by atoms with E-state index in [2.05, 4.69) is 5.32 Å². The van der Waals surface area contributed by atoms with Crippen molar-refractivity contribution in [2.75, 3.05) is 19.7 Å². The van der Waals surface area contributed by atoms with E-state index in [1.54, 1.807) is 4.90 Å². The molecule has 0 aliphatic carbocycles. The third kappa shape index (κ3) is 3.59. The lowest BCUT2D eigenvalue weighted by molar-refractivity contribution is -0.143. The second-order valence-corrected chi connectivity index (χ2v) is 5.41. The van der Waals surface area contributed by atoms with Crippen LogP contribution in [0.15, 0.2) is 0 Å². The minimum Gasteiger partial charge on any atom is -0.481 e. The maximum absolute atomic E-state index is 12.1. The van der Waals surface area contributed by atoms with Crippen LogP contribution in [0.2, 0.25) is 0 Å². The summed E-state index contributed by atoms with van der Waals surface area (Å²) < 4.78 is 5.53. The first kappa shape index (κ1) is 14.1. The highest BCUT2D eigenvalue weighted by atomic mass is 16.5. The molecule has 108 valence electrons. The molecule has 6 nitrogen and oxygen atoms in total. The van der Waals surface area contributed by atoms with E-state index in [0.717, 1.165) is 25.9 Å². The molecule has 6 heteroatoms. The fraction of sp³-hybridized carbons (Fsp3) is 0.846. The molecule has 2 fully saturated rings. The summed E-state index contributed by atoms with van der Waals surface area (Å²) in [6, 6.07) is -0.200. The van der Waals surface area contributed by atoms with E-state index in [-0.39, 0.29) is 18.2 Å². The van der Waals surface area contributed by atoms with E-state index in [9.17, 15) is 9.59 Å². The number of nitrogens with one attached hydrogen (secondary N) is 1. The Morgan fingerprint density at radius 2 is 2.16 bits per heavy atom. The molecule has 0 aromatic heterocycles. The van der Waals surface area contributed by atoms with E-state index in [1.165, 1.54) is 0 Å². The number of carboxylic acid groups (broad SMARTS) is 1. The summed E-state index contributed by atoms with van der Waals surface area (Å²) in [6.07, 6.45) is 3.50. The minimum absolute atomic E-state index is 0.0276. The summed E-state index contributed by atoms with van der Waals surface area (Å²) >= 11 is 0. The fourth-order valence-corrected chi connectivity index (χ4v) is 2.74. The number of hydrogen-bond donors (Lipinski definition) is 2. The molecule has 2 amide bonds. The predicted molar refractivity (Wildman–Crippen MR) is 68.9 cm³/mol. The standard InChI is InChI=1S/C13H22N2O4/c1-9(11-5-3-7-19-11)14-13(18)15-6-2-4-10(8-15)12(16)17/h9-11H,2-8H2,1H3,(H,14,18)(H,16,17). The van der Waals surface area contributed by atoms with E-state index in [0.29, 0.717) is 19.5 Å². The van der Waals surface area contributed by atoms with Crippen molar-refractivity contribution in [2.45, 2.75) is 44.8 Å². The third-order valence-corrected chi connectivity index (χ3v) is 3.93. The summed E-state index contributed by atoms with van der Waals surface area (Å²) in [5, 5.41) is 11.9. The first-order valence-electron chi connectivity index (χ1n) is 6.98. The van der Waals surface area contributed by atoms with Crippen molar-refractivity contribution < 1.29 is 19.4 Å². The Morgan fingerprint density at radius 1 is 1.37 bits per heavy atom. The smallest absolute Gasteiger partial charge is 0.317 e. The normalized spacial score (nSPS) is 29.0. The van der Waals surface area contributed by atoms with E-state index in [4.69, 9.17) is 9.84 Å². The van der Waals surface area contributed by atoms with Gasteiger partial charge in [-0.25, -0.2) is 4.79 Å². The van der Waals surface area contributed by atoms with E-state index >= 15 is 0 Å². The molecule has 2 aliphatic rings. The highest BCUT2D eigenvalue weighted by Crippen LogP contribution is 2.18. The summed E-state index contributed by atoms with van der Waals surface area (Å²) in [5.74, 6) is -1.25. The number of hydrogen-bond acceptors (Lipinski definition) is 3. The van der Waals surface area contributed by atoms with Gasteiger partial charge in [0.25, 0.3) is 0 Å². The van der Waals surface area contributed by atoms with E-state index in [1.807, 2.05) is 6.92 Å². The monoisotopic (exact) mass is 270 g/mol. The fourth-order valence-electron chi connectivity index (χ4n) is 2.74. The van der Waals surface area contributed by atoms with Gasteiger partial charge in [-0.05, 0) is 32.6 Å². The largest absolute Gasteiger partial charge is 0.481 e. The topological polar surface area (TPSA) is 78.9 Å². The average Bonchev–Trinajstić information content (AvgIpc) is 2.92. The lowest BCUT2D eigenvalue weighted by Crippen LogP contribution is -2.51. The molecule has 19 heavy (non-hydrogen) atoms. The molecule has 3 unspecified atom stereocenters. The van der Waals surface area contributed by atoms with Crippen LogP contribution in [-0.4, -0.2) is 53.8 Å². The molecule has 2 N–H and O–H groups in total. The SMILES string of the molecule is CC(NC(=O)N1CCCC(C(=O)O)C1)C1CCCO1. The molecule has 3 atom stereocenters. The van der Waals surface area contributed by atoms with Gasteiger partial charge >= 0.3 is 12.0 Å². The van der Waals surface area contributed by atoms with Crippen molar-refractivity contribution in [1.82, 2.24) is 10.2 Å². The van der Waals surface area contributed by atoms with Crippen molar-refractivity contribution in [1.29, 1.82) is 0 Å². The van der Waals surface area contributed by atoms with Crippen LogP contribution in [0.4, 0.5) is 4.79 Å². The van der Waals surface area contributed by atoms with Gasteiger partial charge in [-0.15, -0.1) is 0 Å². The number of carbonyl (C=O) groups excluding carboxylic acids is 1. The second-order valence-electron chi connectivity index (χ2n) is 5.41. The maximum Gasteiger partial charge on any atom is 0.317 e. The zero-order valence-corrected chi connectivity index (χ0v) is 11.3. The Balaban J connectivity index is 1.83. The van der Waals surface area contributed by atoms with Crippen molar-refractivity contribution in [2.24, 2.45) is 5.92 Å². The maximum atomic E-state index is 12.1.